The lowest BCUT2D eigenvalue weighted by Gasteiger charge is -2.29. The molecule has 0 aromatic heterocycles. The number of ether oxygens (including phenoxy) is 2. The molecule has 2 aromatic rings. The van der Waals surface area contributed by atoms with Gasteiger partial charge in [-0.05, 0) is 126 Å². The van der Waals surface area contributed by atoms with Crippen molar-refractivity contribution in [3.8, 4) is 11.5 Å². The first-order chi connectivity index (χ1) is 14.5. The van der Waals surface area contributed by atoms with Gasteiger partial charge in [0.2, 0.25) is 0 Å². The van der Waals surface area contributed by atoms with Crippen LogP contribution < -0.4 is 9.47 Å². The summed E-state index contributed by atoms with van der Waals surface area (Å²) >= 11 is 21.8. The van der Waals surface area contributed by atoms with E-state index in [4.69, 9.17) is 9.47 Å². The van der Waals surface area contributed by atoms with Crippen LogP contribution in [0.3, 0.4) is 0 Å². The van der Waals surface area contributed by atoms with Crippen LogP contribution in [-0.2, 0) is 5.41 Å². The third kappa shape index (κ3) is 7.45. The summed E-state index contributed by atoms with van der Waals surface area (Å²) in [6.45, 7) is 8.60. The van der Waals surface area contributed by atoms with E-state index >= 15 is 0 Å². The SMILES string of the molecule is CC(CCBr)Oc1c(Br)cc(C(C)(C)c2cc(Br)c(OC(C)CCBr)c(Br)c2)cc1Br. The minimum Gasteiger partial charge on any atom is -0.488 e. The molecule has 2 aromatic carbocycles. The molecule has 0 saturated carbocycles. The maximum Gasteiger partial charge on any atom is 0.148 e. The summed E-state index contributed by atoms with van der Waals surface area (Å²) < 4.78 is 16.0. The van der Waals surface area contributed by atoms with Gasteiger partial charge in [0.15, 0.2) is 0 Å². The van der Waals surface area contributed by atoms with Gasteiger partial charge in [0.1, 0.15) is 11.5 Å². The normalized spacial score (nSPS) is 13.7. The van der Waals surface area contributed by atoms with E-state index in [-0.39, 0.29) is 17.6 Å². The summed E-state index contributed by atoms with van der Waals surface area (Å²) in [5, 5.41) is 1.82. The minimum absolute atomic E-state index is 0.122. The van der Waals surface area contributed by atoms with Gasteiger partial charge in [-0.2, -0.15) is 0 Å². The van der Waals surface area contributed by atoms with E-state index in [0.29, 0.717) is 0 Å². The van der Waals surface area contributed by atoms with E-state index in [1.54, 1.807) is 0 Å². The van der Waals surface area contributed by atoms with Gasteiger partial charge in [0.25, 0.3) is 0 Å². The highest BCUT2D eigenvalue weighted by Gasteiger charge is 2.28. The van der Waals surface area contributed by atoms with Gasteiger partial charge in [0, 0.05) is 16.1 Å². The first kappa shape index (κ1) is 28.2. The zero-order chi connectivity index (χ0) is 23.3. The first-order valence-electron chi connectivity index (χ1n) is 9.95. The number of alkyl halides is 2. The summed E-state index contributed by atoms with van der Waals surface area (Å²) in [7, 11) is 0. The van der Waals surface area contributed by atoms with Gasteiger partial charge < -0.3 is 9.47 Å². The van der Waals surface area contributed by atoms with Crippen LogP contribution >= 0.6 is 95.6 Å². The Kier molecular flexibility index (Phi) is 11.4. The van der Waals surface area contributed by atoms with Crippen LogP contribution in [0.2, 0.25) is 0 Å². The predicted molar refractivity (Wildman–Crippen MR) is 153 cm³/mol. The molecule has 2 unspecified atom stereocenters. The molecule has 0 N–H and O–H groups in total. The third-order valence-electron chi connectivity index (χ3n) is 5.11. The van der Waals surface area contributed by atoms with Crippen molar-refractivity contribution in [2.75, 3.05) is 10.7 Å². The van der Waals surface area contributed by atoms with Gasteiger partial charge >= 0.3 is 0 Å². The second-order valence-electron chi connectivity index (χ2n) is 7.98. The minimum atomic E-state index is -0.240. The topological polar surface area (TPSA) is 18.5 Å². The van der Waals surface area contributed by atoms with Crippen molar-refractivity contribution in [3.63, 3.8) is 0 Å². The molecule has 0 aliphatic rings. The van der Waals surface area contributed by atoms with E-state index in [2.05, 4.69) is 148 Å². The molecular weight excluding hydrogens is 788 g/mol. The molecule has 8 heteroatoms. The van der Waals surface area contributed by atoms with Gasteiger partial charge in [-0.3, -0.25) is 0 Å². The Hall–Kier alpha value is 0.920. The number of halogens is 6. The van der Waals surface area contributed by atoms with Gasteiger partial charge in [-0.1, -0.05) is 45.7 Å². The molecule has 31 heavy (non-hydrogen) atoms. The zero-order valence-electron chi connectivity index (χ0n) is 17.9. The van der Waals surface area contributed by atoms with Gasteiger partial charge in [-0.25, -0.2) is 0 Å². The molecule has 0 spiro atoms. The van der Waals surface area contributed by atoms with Crippen LogP contribution in [0.4, 0.5) is 0 Å². The third-order valence-corrected chi connectivity index (χ3v) is 8.38. The van der Waals surface area contributed by atoms with Crippen LogP contribution in [0.25, 0.3) is 0 Å². The fourth-order valence-electron chi connectivity index (χ4n) is 3.06. The average Bonchev–Trinajstić information content (AvgIpc) is 2.67. The lowest BCUT2D eigenvalue weighted by atomic mass is 9.78. The van der Waals surface area contributed by atoms with E-state index < -0.39 is 0 Å². The monoisotopic (exact) mass is 808 g/mol. The Balaban J connectivity index is 2.38. The fraction of sp³-hybridized carbons (Fsp3) is 0.478. The molecule has 0 fully saturated rings. The standard InChI is InChI=1S/C23H26Br6O2/c1-13(5-7-24)30-21-17(26)9-15(10-18(21)27)23(3,4)16-11-19(28)22(20(29)12-16)31-14(2)6-8-25/h9-14H,5-8H2,1-4H3. The molecule has 0 aliphatic carbocycles. The van der Waals surface area contributed by atoms with Crippen LogP contribution in [0, 0.1) is 0 Å². The van der Waals surface area contributed by atoms with Crippen molar-refractivity contribution in [1.29, 1.82) is 0 Å². The van der Waals surface area contributed by atoms with Crippen LogP contribution in [0.15, 0.2) is 42.2 Å². The Morgan fingerprint density at radius 2 is 0.968 bits per heavy atom. The highest BCUT2D eigenvalue weighted by atomic mass is 79.9. The summed E-state index contributed by atoms with van der Waals surface area (Å²) in [5.74, 6) is 1.67. The van der Waals surface area contributed by atoms with E-state index in [0.717, 1.165) is 52.9 Å². The molecule has 172 valence electrons. The smallest absolute Gasteiger partial charge is 0.148 e. The Labute approximate surface area is 236 Å². The highest BCUT2D eigenvalue weighted by molar-refractivity contribution is 9.11. The maximum atomic E-state index is 6.14. The first-order valence-corrected chi connectivity index (χ1v) is 15.4. The van der Waals surface area contributed by atoms with E-state index in [1.165, 1.54) is 11.1 Å². The molecule has 2 atom stereocenters. The molecule has 2 nitrogen and oxygen atoms in total. The van der Waals surface area contributed by atoms with Crippen LogP contribution in [0.5, 0.6) is 11.5 Å². The summed E-state index contributed by atoms with van der Waals surface area (Å²) in [6.07, 6.45) is 2.13. The van der Waals surface area contributed by atoms with Gasteiger partial charge in [0.05, 0.1) is 30.1 Å². The molecule has 0 radical (unpaired) electrons. The van der Waals surface area contributed by atoms with Crippen molar-refractivity contribution in [1.82, 2.24) is 0 Å². The van der Waals surface area contributed by atoms with Crippen molar-refractivity contribution in [2.45, 2.75) is 58.2 Å². The summed E-state index contributed by atoms with van der Waals surface area (Å²) in [4.78, 5) is 0. The predicted octanol–water partition coefficient (Wildman–Crippen LogP) is 10.2. The molecule has 0 amide bonds. The molecule has 2 rings (SSSR count). The average molecular weight is 814 g/mol. The van der Waals surface area contributed by atoms with Gasteiger partial charge in [-0.15, -0.1) is 0 Å². The lowest BCUT2D eigenvalue weighted by Crippen LogP contribution is -2.20. The number of hydrogen-bond donors (Lipinski definition) is 0. The van der Waals surface area contributed by atoms with Crippen molar-refractivity contribution >= 4 is 95.6 Å². The molecule has 0 heterocycles. The second-order valence-corrected chi connectivity index (χ2v) is 13.0. The Bertz CT molecular complexity index is 782. The summed E-state index contributed by atoms with van der Waals surface area (Å²) in [6, 6.07) is 8.58. The highest BCUT2D eigenvalue weighted by Crippen LogP contribution is 2.44. The van der Waals surface area contributed by atoms with Crippen molar-refractivity contribution < 1.29 is 9.47 Å². The van der Waals surface area contributed by atoms with E-state index in [1.807, 2.05) is 0 Å². The summed E-state index contributed by atoms with van der Waals surface area (Å²) in [5.41, 5.74) is 2.11. The number of benzene rings is 2. The quantitative estimate of drug-likeness (QED) is 0.223. The molecular formula is C23H26Br6O2. The molecule has 0 saturated heterocycles. The van der Waals surface area contributed by atoms with Crippen molar-refractivity contribution in [3.05, 3.63) is 53.3 Å². The van der Waals surface area contributed by atoms with Crippen LogP contribution in [0.1, 0.15) is 51.7 Å². The largest absolute Gasteiger partial charge is 0.488 e. The fourth-order valence-corrected chi connectivity index (χ4v) is 7.10. The Morgan fingerprint density at radius 3 is 1.23 bits per heavy atom. The zero-order valence-corrected chi connectivity index (χ0v) is 27.4. The number of hydrogen-bond acceptors (Lipinski definition) is 2. The molecule has 0 aliphatic heterocycles. The lowest BCUT2D eigenvalue weighted by molar-refractivity contribution is 0.216. The van der Waals surface area contributed by atoms with E-state index in [9.17, 15) is 0 Å². The maximum absolute atomic E-state index is 6.14. The van der Waals surface area contributed by atoms with Crippen LogP contribution in [-0.4, -0.2) is 22.9 Å². The second kappa shape index (κ2) is 12.6. The Morgan fingerprint density at radius 1 is 0.677 bits per heavy atom. The van der Waals surface area contributed by atoms with Crippen molar-refractivity contribution in [2.24, 2.45) is 0 Å². The molecule has 0 bridgehead atoms. The number of rotatable bonds is 10.